The Bertz CT molecular complexity index is 1220. The zero-order valence-corrected chi connectivity index (χ0v) is 16.0. The van der Waals surface area contributed by atoms with Crippen LogP contribution in [0.2, 0.25) is 0 Å². The van der Waals surface area contributed by atoms with Crippen LogP contribution in [0.5, 0.6) is 0 Å². The largest absolute Gasteiger partial charge is 0.346 e. The van der Waals surface area contributed by atoms with Crippen molar-refractivity contribution < 1.29 is 9.18 Å². The Morgan fingerprint density at radius 3 is 2.79 bits per heavy atom. The lowest BCUT2D eigenvalue weighted by Crippen LogP contribution is -2.52. The highest BCUT2D eigenvalue weighted by molar-refractivity contribution is 7.22. The van der Waals surface area contributed by atoms with Crippen LogP contribution in [0.1, 0.15) is 5.69 Å². The molecule has 1 aliphatic rings. The number of carbonyl (C=O) groups excluding carboxylic acids is 1. The Balaban J connectivity index is 1.30. The number of fused-ring (bicyclic) bond motifs is 2. The van der Waals surface area contributed by atoms with E-state index in [4.69, 9.17) is 0 Å². The molecule has 0 atom stereocenters. The molecule has 1 amide bonds. The van der Waals surface area contributed by atoms with E-state index < -0.39 is 0 Å². The number of pyridine rings is 1. The molecule has 5 nitrogen and oxygen atoms in total. The lowest BCUT2D eigenvalue weighted by molar-refractivity contribution is -0.120. The van der Waals surface area contributed by atoms with Gasteiger partial charge in [-0.1, -0.05) is 23.5 Å². The minimum absolute atomic E-state index is 0.0170. The smallest absolute Gasteiger partial charge is 0.231 e. The number of benzene rings is 2. The van der Waals surface area contributed by atoms with E-state index in [1.165, 1.54) is 17.4 Å². The van der Waals surface area contributed by atoms with E-state index in [2.05, 4.69) is 15.3 Å². The third-order valence-corrected chi connectivity index (χ3v) is 6.09. The first-order chi connectivity index (χ1) is 13.6. The van der Waals surface area contributed by atoms with Crippen molar-refractivity contribution in [2.75, 3.05) is 23.3 Å². The second-order valence-corrected chi connectivity index (χ2v) is 8.01. The molecule has 28 heavy (non-hydrogen) atoms. The maximum atomic E-state index is 13.8. The van der Waals surface area contributed by atoms with Crippen LogP contribution in [0.4, 0.5) is 15.2 Å². The summed E-state index contributed by atoms with van der Waals surface area (Å²) in [6.45, 7) is 3.10. The zero-order chi connectivity index (χ0) is 19.3. The predicted molar refractivity (Wildman–Crippen MR) is 110 cm³/mol. The van der Waals surface area contributed by atoms with Gasteiger partial charge in [0.05, 0.1) is 21.8 Å². The molecule has 0 bridgehead atoms. The molecule has 2 aromatic carbocycles. The lowest BCUT2D eigenvalue weighted by Gasteiger charge is -2.38. The van der Waals surface area contributed by atoms with Gasteiger partial charge < -0.3 is 10.2 Å². The van der Waals surface area contributed by atoms with Crippen molar-refractivity contribution >= 4 is 49.2 Å². The van der Waals surface area contributed by atoms with Crippen molar-refractivity contribution in [3.63, 3.8) is 0 Å². The molecule has 0 unspecified atom stereocenters. The molecule has 1 aliphatic heterocycles. The SMILES string of the molecule is Cc1ccc2c(NC(=O)C3CN(c4nc5c(F)cccc5s4)C3)cccc2n1. The molecule has 3 heterocycles. The van der Waals surface area contributed by atoms with Gasteiger partial charge in [0, 0.05) is 24.2 Å². The van der Waals surface area contributed by atoms with Crippen LogP contribution in [0.3, 0.4) is 0 Å². The van der Waals surface area contributed by atoms with Crippen LogP contribution in [0, 0.1) is 18.7 Å². The van der Waals surface area contributed by atoms with Crippen molar-refractivity contribution in [1.82, 2.24) is 9.97 Å². The minimum Gasteiger partial charge on any atom is -0.346 e. The van der Waals surface area contributed by atoms with E-state index in [0.717, 1.165) is 32.1 Å². The molecule has 7 heteroatoms. The number of aryl methyl sites for hydroxylation is 1. The number of hydrogen-bond donors (Lipinski definition) is 1. The Morgan fingerprint density at radius 2 is 1.96 bits per heavy atom. The molecular weight excluding hydrogens is 375 g/mol. The van der Waals surface area contributed by atoms with Crippen molar-refractivity contribution in [1.29, 1.82) is 0 Å². The quantitative estimate of drug-likeness (QED) is 0.563. The number of amides is 1. The molecule has 1 N–H and O–H groups in total. The standard InChI is InChI=1S/C21H17FN4OS/c1-12-8-9-14-16(23-12)5-3-6-17(14)24-20(27)13-10-26(11-13)21-25-19-15(22)4-2-7-18(19)28-21/h2-9,13H,10-11H2,1H3,(H,24,27). The van der Waals surface area contributed by atoms with E-state index in [1.807, 2.05) is 48.2 Å². The maximum Gasteiger partial charge on any atom is 0.231 e. The Hall–Kier alpha value is -3.06. The van der Waals surface area contributed by atoms with Crippen LogP contribution < -0.4 is 10.2 Å². The summed E-state index contributed by atoms with van der Waals surface area (Å²) in [4.78, 5) is 23.6. The average molecular weight is 392 g/mol. The summed E-state index contributed by atoms with van der Waals surface area (Å²) < 4.78 is 14.7. The molecule has 4 aromatic rings. The molecule has 2 aromatic heterocycles. The maximum absolute atomic E-state index is 13.8. The molecule has 0 saturated carbocycles. The van der Waals surface area contributed by atoms with Gasteiger partial charge in [-0.05, 0) is 43.3 Å². The second kappa shape index (κ2) is 6.53. The van der Waals surface area contributed by atoms with Gasteiger partial charge in [0.25, 0.3) is 0 Å². The summed E-state index contributed by atoms with van der Waals surface area (Å²) in [6.07, 6.45) is 0. The van der Waals surface area contributed by atoms with Crippen LogP contribution in [0.25, 0.3) is 21.1 Å². The van der Waals surface area contributed by atoms with Crippen molar-refractivity contribution in [3.05, 3.63) is 60.0 Å². The van der Waals surface area contributed by atoms with Crippen molar-refractivity contribution in [2.24, 2.45) is 5.92 Å². The first-order valence-electron chi connectivity index (χ1n) is 9.06. The van der Waals surface area contributed by atoms with E-state index in [9.17, 15) is 9.18 Å². The molecule has 140 valence electrons. The number of rotatable bonds is 3. The number of para-hydroxylation sites is 1. The summed E-state index contributed by atoms with van der Waals surface area (Å²) >= 11 is 1.45. The fourth-order valence-electron chi connectivity index (χ4n) is 3.44. The summed E-state index contributed by atoms with van der Waals surface area (Å²) in [5.41, 5.74) is 2.98. The van der Waals surface area contributed by atoms with Gasteiger partial charge in [-0.15, -0.1) is 0 Å². The molecule has 0 radical (unpaired) electrons. The van der Waals surface area contributed by atoms with Gasteiger partial charge >= 0.3 is 0 Å². The van der Waals surface area contributed by atoms with E-state index >= 15 is 0 Å². The highest BCUT2D eigenvalue weighted by Gasteiger charge is 2.34. The van der Waals surface area contributed by atoms with Gasteiger partial charge in [0.15, 0.2) is 5.13 Å². The number of nitrogens with one attached hydrogen (secondary N) is 1. The first kappa shape index (κ1) is 17.1. The molecule has 5 rings (SSSR count). The highest BCUT2D eigenvalue weighted by atomic mass is 32.1. The Labute approximate surface area is 164 Å². The molecule has 1 saturated heterocycles. The van der Waals surface area contributed by atoms with Crippen molar-refractivity contribution in [3.8, 4) is 0 Å². The fraction of sp³-hybridized carbons (Fsp3) is 0.190. The van der Waals surface area contributed by atoms with Crippen LogP contribution >= 0.6 is 11.3 Å². The van der Waals surface area contributed by atoms with Crippen LogP contribution in [0.15, 0.2) is 48.5 Å². The average Bonchev–Trinajstić information content (AvgIpc) is 3.05. The third kappa shape index (κ3) is 2.88. The van der Waals surface area contributed by atoms with Crippen molar-refractivity contribution in [2.45, 2.75) is 6.92 Å². The Kier molecular flexibility index (Phi) is 3.98. The molecular formula is C21H17FN4OS. The number of halogens is 1. The number of aromatic nitrogens is 2. The number of carbonyl (C=O) groups is 1. The van der Waals surface area contributed by atoms with Gasteiger partial charge in [0.1, 0.15) is 11.3 Å². The third-order valence-electron chi connectivity index (χ3n) is 5.01. The lowest BCUT2D eigenvalue weighted by atomic mass is 9.99. The van der Waals surface area contributed by atoms with Crippen LogP contribution in [-0.2, 0) is 4.79 Å². The van der Waals surface area contributed by atoms with Gasteiger partial charge in [-0.3, -0.25) is 9.78 Å². The van der Waals surface area contributed by atoms with E-state index in [1.54, 1.807) is 6.07 Å². The number of anilines is 2. The Morgan fingerprint density at radius 1 is 1.14 bits per heavy atom. The molecule has 0 spiro atoms. The summed E-state index contributed by atoms with van der Waals surface area (Å²) in [5.74, 6) is -0.447. The second-order valence-electron chi connectivity index (χ2n) is 7.00. The predicted octanol–water partition coefficient (Wildman–Crippen LogP) is 4.37. The highest BCUT2D eigenvalue weighted by Crippen LogP contribution is 2.34. The number of thiazole rings is 1. The number of hydrogen-bond acceptors (Lipinski definition) is 5. The van der Waals surface area contributed by atoms with Crippen LogP contribution in [-0.4, -0.2) is 29.0 Å². The zero-order valence-electron chi connectivity index (χ0n) is 15.1. The minimum atomic E-state index is -0.311. The summed E-state index contributed by atoms with van der Waals surface area (Å²) in [6, 6.07) is 14.6. The monoisotopic (exact) mass is 392 g/mol. The van der Waals surface area contributed by atoms with E-state index in [-0.39, 0.29) is 17.6 Å². The first-order valence-corrected chi connectivity index (χ1v) is 9.87. The molecule has 0 aliphatic carbocycles. The fourth-order valence-corrected chi connectivity index (χ4v) is 4.44. The van der Waals surface area contributed by atoms with Gasteiger partial charge in [-0.2, -0.15) is 0 Å². The summed E-state index contributed by atoms with van der Waals surface area (Å²) in [5, 5.41) is 4.72. The topological polar surface area (TPSA) is 58.1 Å². The van der Waals surface area contributed by atoms with Gasteiger partial charge in [-0.25, -0.2) is 9.37 Å². The van der Waals surface area contributed by atoms with E-state index in [0.29, 0.717) is 18.6 Å². The normalized spacial score (nSPS) is 14.4. The summed E-state index contributed by atoms with van der Waals surface area (Å²) in [7, 11) is 0. The number of nitrogens with zero attached hydrogens (tertiary/aromatic N) is 3. The molecule has 1 fully saturated rings. The van der Waals surface area contributed by atoms with Gasteiger partial charge in [0.2, 0.25) is 5.91 Å².